The molecule has 0 amide bonds. The molecular weight excluding hydrogens is 379 g/mol. The van der Waals surface area contributed by atoms with Gasteiger partial charge >= 0.3 is 0 Å². The topological polar surface area (TPSA) is 17.3 Å². The molecule has 16 heavy (non-hydrogen) atoms. The van der Waals surface area contributed by atoms with E-state index < -0.39 is 0 Å². The van der Waals surface area contributed by atoms with Crippen molar-refractivity contribution >= 4 is 27.2 Å². The van der Waals surface area contributed by atoms with Crippen LogP contribution >= 0.6 is 0 Å². The van der Waals surface area contributed by atoms with Gasteiger partial charge in [0.2, 0.25) is 0 Å². The Morgan fingerprint density at radius 2 is 2.00 bits per heavy atom. The molecule has 0 aliphatic heterocycles. The number of aromatic nitrogens is 2. The van der Waals surface area contributed by atoms with Gasteiger partial charge in [-0.25, -0.2) is 0 Å². The van der Waals surface area contributed by atoms with Gasteiger partial charge in [-0.1, -0.05) is 23.8 Å². The Hall–Kier alpha value is -1.40. The van der Waals surface area contributed by atoms with Crippen molar-refractivity contribution < 1.29 is 21.1 Å². The van der Waals surface area contributed by atoms with E-state index in [9.17, 15) is 0 Å². The molecule has 4 rings (SSSR count). The molecule has 0 fully saturated rings. The summed E-state index contributed by atoms with van der Waals surface area (Å²) in [4.78, 5) is 4.45. The van der Waals surface area contributed by atoms with Gasteiger partial charge in [-0.2, -0.15) is 12.1 Å². The van der Waals surface area contributed by atoms with Crippen molar-refractivity contribution in [2.24, 2.45) is 0 Å². The minimum Gasteiger partial charge on any atom is -0.397 e. The van der Waals surface area contributed by atoms with Crippen LogP contribution in [0.4, 0.5) is 0 Å². The van der Waals surface area contributed by atoms with Crippen LogP contribution in [0.15, 0.2) is 42.9 Å². The Bertz CT molecular complexity index is 773. The predicted octanol–water partition coefficient (Wildman–Crippen LogP) is 2.88. The molecule has 0 aliphatic rings. The third-order valence-electron chi connectivity index (χ3n) is 2.93. The fraction of sp³-hybridized carbons (Fsp3) is 0. The average Bonchev–Trinajstić information content (AvgIpc) is 2.87. The molecule has 4 aromatic rings. The van der Waals surface area contributed by atoms with Gasteiger partial charge in [-0.05, 0) is 27.7 Å². The van der Waals surface area contributed by atoms with E-state index in [-0.39, 0.29) is 21.1 Å². The summed E-state index contributed by atoms with van der Waals surface area (Å²) in [5.41, 5.74) is 2.10. The van der Waals surface area contributed by atoms with Crippen molar-refractivity contribution in [2.45, 2.75) is 0 Å². The van der Waals surface area contributed by atoms with E-state index in [1.807, 2.05) is 18.5 Å². The van der Waals surface area contributed by atoms with Gasteiger partial charge in [0.1, 0.15) is 0 Å². The van der Waals surface area contributed by atoms with E-state index >= 15 is 0 Å². The Morgan fingerprint density at radius 3 is 2.94 bits per heavy atom. The van der Waals surface area contributed by atoms with Crippen LogP contribution in [0.5, 0.6) is 0 Å². The number of hydrogen-bond donors (Lipinski definition) is 0. The first kappa shape index (κ1) is 9.80. The first-order valence-corrected chi connectivity index (χ1v) is 4.92. The van der Waals surface area contributed by atoms with Crippen molar-refractivity contribution in [3.05, 3.63) is 48.9 Å². The van der Waals surface area contributed by atoms with Crippen LogP contribution in [0.25, 0.3) is 27.2 Å². The van der Waals surface area contributed by atoms with Gasteiger partial charge in [0.05, 0.1) is 0 Å². The van der Waals surface area contributed by atoms with Gasteiger partial charge in [-0.3, -0.25) is 0 Å². The standard InChI is InChI=1S/C13H7N2.Pt/c1-2-11-13-12-9(5-6-14-13)3-4-10(12)8-15(11)7-1;/h1,3-8H;/q-1;. The maximum Gasteiger partial charge on any atom is 0.0131 e. The summed E-state index contributed by atoms with van der Waals surface area (Å²) < 4.78 is 2.07. The summed E-state index contributed by atoms with van der Waals surface area (Å²) in [5, 5.41) is 3.75. The third kappa shape index (κ3) is 1.08. The molecule has 0 saturated carbocycles. The van der Waals surface area contributed by atoms with E-state index in [1.54, 1.807) is 0 Å². The molecule has 1 aromatic carbocycles. The van der Waals surface area contributed by atoms with E-state index in [4.69, 9.17) is 0 Å². The number of fused-ring (bicyclic) bond motifs is 2. The first-order chi connectivity index (χ1) is 7.43. The minimum atomic E-state index is 0. The molecule has 0 spiro atoms. The molecule has 0 atom stereocenters. The smallest absolute Gasteiger partial charge is 0.0131 e. The molecule has 3 heteroatoms. The van der Waals surface area contributed by atoms with Crippen molar-refractivity contribution in [3.8, 4) is 0 Å². The molecule has 3 heterocycles. The quantitative estimate of drug-likeness (QED) is 0.425. The van der Waals surface area contributed by atoms with Gasteiger partial charge in [-0.15, -0.1) is 0 Å². The monoisotopic (exact) mass is 386 g/mol. The van der Waals surface area contributed by atoms with Crippen molar-refractivity contribution in [2.75, 3.05) is 0 Å². The second kappa shape index (κ2) is 3.29. The number of rotatable bonds is 0. The summed E-state index contributed by atoms with van der Waals surface area (Å²) >= 11 is 0. The van der Waals surface area contributed by atoms with Gasteiger partial charge in [0.15, 0.2) is 0 Å². The van der Waals surface area contributed by atoms with Crippen LogP contribution in [0.3, 0.4) is 0 Å². The summed E-state index contributed by atoms with van der Waals surface area (Å²) in [6.07, 6.45) is 5.99. The van der Waals surface area contributed by atoms with E-state index in [0.29, 0.717) is 0 Å². The molecule has 0 aliphatic carbocycles. The van der Waals surface area contributed by atoms with E-state index in [0.717, 1.165) is 11.0 Å². The Balaban J connectivity index is 0.000000810. The average molecular weight is 386 g/mol. The maximum atomic E-state index is 4.45. The van der Waals surface area contributed by atoms with Gasteiger partial charge < -0.3 is 9.38 Å². The largest absolute Gasteiger partial charge is 0.397 e. The Morgan fingerprint density at radius 1 is 1.12 bits per heavy atom. The van der Waals surface area contributed by atoms with Gasteiger partial charge in [0, 0.05) is 33.5 Å². The van der Waals surface area contributed by atoms with Crippen LogP contribution in [-0.2, 0) is 21.1 Å². The zero-order valence-electron chi connectivity index (χ0n) is 8.25. The number of pyridine rings is 2. The Labute approximate surface area is 106 Å². The van der Waals surface area contributed by atoms with Crippen molar-refractivity contribution in [3.63, 3.8) is 0 Å². The van der Waals surface area contributed by atoms with Crippen LogP contribution in [0, 0.1) is 6.07 Å². The minimum absolute atomic E-state index is 0. The maximum absolute atomic E-state index is 4.45. The second-order valence-corrected chi connectivity index (χ2v) is 3.76. The Kier molecular flexibility index (Phi) is 2.02. The SMILES string of the molecule is [Pt].[c-]1ccn2cc3ccc4ccnc(c43)c12. The van der Waals surface area contributed by atoms with Crippen molar-refractivity contribution in [1.29, 1.82) is 0 Å². The van der Waals surface area contributed by atoms with Crippen LogP contribution < -0.4 is 0 Å². The molecule has 0 unspecified atom stereocenters. The summed E-state index contributed by atoms with van der Waals surface area (Å²) in [7, 11) is 0. The second-order valence-electron chi connectivity index (χ2n) is 3.76. The molecule has 2 nitrogen and oxygen atoms in total. The molecule has 0 radical (unpaired) electrons. The third-order valence-corrected chi connectivity index (χ3v) is 2.93. The number of hydrogen-bond acceptors (Lipinski definition) is 1. The molecule has 0 N–H and O–H groups in total. The molecule has 80 valence electrons. The summed E-state index contributed by atoms with van der Waals surface area (Å²) in [5.74, 6) is 0. The normalized spacial score (nSPS) is 11.2. The van der Waals surface area contributed by atoms with Crippen LogP contribution in [-0.4, -0.2) is 9.38 Å². The summed E-state index contributed by atoms with van der Waals surface area (Å²) in [6.45, 7) is 0. The number of nitrogens with zero attached hydrogens (tertiary/aromatic N) is 2. The molecule has 3 aromatic heterocycles. The zero-order chi connectivity index (χ0) is 9.83. The van der Waals surface area contributed by atoms with Crippen molar-refractivity contribution in [1.82, 2.24) is 9.38 Å². The van der Waals surface area contributed by atoms with Crippen LogP contribution in [0.2, 0.25) is 0 Å². The molecule has 0 saturated heterocycles. The summed E-state index contributed by atoms with van der Waals surface area (Å²) in [6, 6.07) is 11.5. The predicted molar refractivity (Wildman–Crippen MR) is 60.2 cm³/mol. The van der Waals surface area contributed by atoms with E-state index in [2.05, 4.69) is 39.8 Å². The fourth-order valence-electron chi connectivity index (χ4n) is 2.26. The fourth-order valence-corrected chi connectivity index (χ4v) is 2.26. The first-order valence-electron chi connectivity index (χ1n) is 4.92. The van der Waals surface area contributed by atoms with Crippen LogP contribution in [0.1, 0.15) is 0 Å². The zero-order valence-corrected chi connectivity index (χ0v) is 10.5. The van der Waals surface area contributed by atoms with E-state index in [1.165, 1.54) is 16.2 Å². The molecule has 0 bridgehead atoms. The molecular formula is C13H7N2Pt-. The van der Waals surface area contributed by atoms with Gasteiger partial charge in [0.25, 0.3) is 0 Å².